The fourth-order valence-electron chi connectivity index (χ4n) is 3.34. The topological polar surface area (TPSA) is 101 Å². The van der Waals surface area contributed by atoms with Gasteiger partial charge in [0.15, 0.2) is 5.13 Å². The first-order valence-corrected chi connectivity index (χ1v) is 11.1. The molecule has 9 heteroatoms. The number of carbonyl (C=O) groups is 1. The van der Waals surface area contributed by atoms with Crippen LogP contribution in [0.5, 0.6) is 0 Å². The van der Waals surface area contributed by atoms with Crippen LogP contribution in [0.3, 0.4) is 0 Å². The molecular formula is C19H19N3O4S2. The Balaban J connectivity index is 1.57. The first-order chi connectivity index (χ1) is 13.3. The Morgan fingerprint density at radius 1 is 1.25 bits per heavy atom. The molecule has 2 aromatic heterocycles. The van der Waals surface area contributed by atoms with Gasteiger partial charge >= 0.3 is 0 Å². The number of hydrogen-bond donors (Lipinski definition) is 2. The molecule has 0 fully saturated rings. The van der Waals surface area contributed by atoms with Crippen molar-refractivity contribution in [2.45, 2.75) is 37.8 Å². The lowest BCUT2D eigenvalue weighted by molar-refractivity contribution is -0.114. The maximum atomic E-state index is 12.8. The largest absolute Gasteiger partial charge is 0.442 e. The summed E-state index contributed by atoms with van der Waals surface area (Å²) in [5.74, 6) is 0.183. The SMILES string of the molecule is CC(=O)Nc1nc(C)c(-c2ccc(S(=O)(=O)N[C@H]3CCc4ccccc43)o2)s1. The number of benzene rings is 1. The van der Waals surface area contributed by atoms with E-state index in [1.54, 1.807) is 13.0 Å². The van der Waals surface area contributed by atoms with Gasteiger partial charge in [0, 0.05) is 13.0 Å². The highest BCUT2D eigenvalue weighted by molar-refractivity contribution is 7.89. The number of aryl methyl sites for hydroxylation is 2. The third-order valence-electron chi connectivity index (χ3n) is 4.58. The summed E-state index contributed by atoms with van der Waals surface area (Å²) in [5.41, 5.74) is 2.84. The summed E-state index contributed by atoms with van der Waals surface area (Å²) in [7, 11) is -3.80. The van der Waals surface area contributed by atoms with Crippen molar-refractivity contribution < 1.29 is 17.6 Å². The van der Waals surface area contributed by atoms with Gasteiger partial charge in [0.05, 0.1) is 10.6 Å². The van der Waals surface area contributed by atoms with Crippen molar-refractivity contribution in [1.29, 1.82) is 0 Å². The monoisotopic (exact) mass is 417 g/mol. The highest BCUT2D eigenvalue weighted by atomic mass is 32.2. The summed E-state index contributed by atoms with van der Waals surface area (Å²) in [4.78, 5) is 16.1. The van der Waals surface area contributed by atoms with E-state index in [1.165, 1.54) is 29.9 Å². The number of rotatable bonds is 5. The molecule has 3 aromatic rings. The van der Waals surface area contributed by atoms with Crippen LogP contribution in [-0.4, -0.2) is 19.3 Å². The van der Waals surface area contributed by atoms with Crippen LogP contribution in [-0.2, 0) is 21.2 Å². The molecule has 1 aromatic carbocycles. The Bertz CT molecular complexity index is 1150. The molecule has 1 aliphatic carbocycles. The molecule has 0 radical (unpaired) electrons. The Kier molecular flexibility index (Phi) is 4.82. The minimum absolute atomic E-state index is 0.138. The van der Waals surface area contributed by atoms with Crippen LogP contribution in [0.2, 0.25) is 0 Å². The number of amides is 1. The van der Waals surface area contributed by atoms with Crippen molar-refractivity contribution in [1.82, 2.24) is 9.71 Å². The molecule has 28 heavy (non-hydrogen) atoms. The quantitative estimate of drug-likeness (QED) is 0.660. The van der Waals surface area contributed by atoms with Crippen molar-refractivity contribution in [2.75, 3.05) is 5.32 Å². The second kappa shape index (κ2) is 7.16. The van der Waals surface area contributed by atoms with E-state index in [0.29, 0.717) is 21.5 Å². The average molecular weight is 418 g/mol. The van der Waals surface area contributed by atoms with E-state index in [1.807, 2.05) is 24.3 Å². The number of thiazole rings is 1. The van der Waals surface area contributed by atoms with Crippen molar-refractivity contribution >= 4 is 32.4 Å². The van der Waals surface area contributed by atoms with E-state index < -0.39 is 10.0 Å². The number of sulfonamides is 1. The van der Waals surface area contributed by atoms with Crippen LogP contribution in [0, 0.1) is 6.92 Å². The molecule has 7 nitrogen and oxygen atoms in total. The van der Waals surface area contributed by atoms with Gasteiger partial charge in [0.25, 0.3) is 10.0 Å². The number of nitrogens with one attached hydrogen (secondary N) is 2. The molecule has 2 heterocycles. The Labute approximate surface area is 166 Å². The highest BCUT2D eigenvalue weighted by Gasteiger charge is 2.29. The summed E-state index contributed by atoms with van der Waals surface area (Å²) >= 11 is 1.24. The molecule has 0 aliphatic heterocycles. The molecule has 4 rings (SSSR count). The normalized spacial score (nSPS) is 16.1. The Morgan fingerprint density at radius 2 is 2.04 bits per heavy atom. The highest BCUT2D eigenvalue weighted by Crippen LogP contribution is 2.36. The van der Waals surface area contributed by atoms with Gasteiger partial charge in [-0.1, -0.05) is 35.6 Å². The van der Waals surface area contributed by atoms with Crippen LogP contribution in [0.15, 0.2) is 45.9 Å². The Morgan fingerprint density at radius 3 is 2.82 bits per heavy atom. The van der Waals surface area contributed by atoms with E-state index >= 15 is 0 Å². The summed E-state index contributed by atoms with van der Waals surface area (Å²) in [6, 6.07) is 10.6. The van der Waals surface area contributed by atoms with Gasteiger partial charge in [-0.05, 0) is 43.0 Å². The standard InChI is InChI=1S/C19H19N3O4S2/c1-11-18(27-19(20-11)21-12(2)23)16-9-10-17(26-16)28(24,25)22-15-8-7-13-5-3-4-6-14(13)15/h3-6,9-10,15,22H,7-8H2,1-2H3,(H,20,21,23)/t15-/m0/s1. The van der Waals surface area contributed by atoms with Crippen LogP contribution in [0.25, 0.3) is 10.6 Å². The van der Waals surface area contributed by atoms with Gasteiger partial charge in [-0.15, -0.1) is 0 Å². The zero-order valence-electron chi connectivity index (χ0n) is 15.4. The fourth-order valence-corrected chi connectivity index (χ4v) is 5.50. The molecule has 0 spiro atoms. The predicted molar refractivity (Wildman–Crippen MR) is 107 cm³/mol. The number of nitrogens with zero attached hydrogens (tertiary/aromatic N) is 1. The van der Waals surface area contributed by atoms with Crippen molar-refractivity contribution in [3.05, 3.63) is 53.2 Å². The van der Waals surface area contributed by atoms with Gasteiger partial charge in [-0.25, -0.2) is 18.1 Å². The summed E-state index contributed by atoms with van der Waals surface area (Å²) < 4.78 is 34.0. The zero-order valence-corrected chi connectivity index (χ0v) is 17.0. The van der Waals surface area contributed by atoms with Crippen molar-refractivity contribution in [3.8, 4) is 10.6 Å². The predicted octanol–water partition coefficient (Wildman–Crippen LogP) is 3.64. The number of anilines is 1. The first kappa shape index (κ1) is 18.9. The average Bonchev–Trinajstić information content (AvgIpc) is 3.34. The van der Waals surface area contributed by atoms with Crippen LogP contribution < -0.4 is 10.0 Å². The molecule has 0 unspecified atom stereocenters. The van der Waals surface area contributed by atoms with Crippen LogP contribution in [0.1, 0.15) is 36.2 Å². The van der Waals surface area contributed by atoms with Crippen LogP contribution in [0.4, 0.5) is 5.13 Å². The van der Waals surface area contributed by atoms with E-state index in [-0.39, 0.29) is 17.0 Å². The third kappa shape index (κ3) is 3.60. The third-order valence-corrected chi connectivity index (χ3v) is 7.01. The van der Waals surface area contributed by atoms with Gasteiger partial charge in [-0.2, -0.15) is 0 Å². The minimum atomic E-state index is -3.80. The minimum Gasteiger partial charge on any atom is -0.442 e. The Hall–Kier alpha value is -2.49. The maximum Gasteiger partial charge on any atom is 0.274 e. The maximum absolute atomic E-state index is 12.8. The lowest BCUT2D eigenvalue weighted by atomic mass is 10.1. The fraction of sp³-hybridized carbons (Fsp3) is 0.263. The van der Waals surface area contributed by atoms with Gasteiger partial charge in [0.2, 0.25) is 11.0 Å². The molecule has 0 bridgehead atoms. The molecule has 0 saturated heterocycles. The number of furan rings is 1. The van der Waals surface area contributed by atoms with Crippen molar-refractivity contribution in [2.24, 2.45) is 0 Å². The summed E-state index contributed by atoms with van der Waals surface area (Å²) in [6.45, 7) is 3.18. The smallest absolute Gasteiger partial charge is 0.274 e. The second-order valence-electron chi connectivity index (χ2n) is 6.64. The van der Waals surface area contributed by atoms with Gasteiger partial charge in [0.1, 0.15) is 5.76 Å². The van der Waals surface area contributed by atoms with E-state index in [2.05, 4.69) is 15.0 Å². The molecule has 1 aliphatic rings. The summed E-state index contributed by atoms with van der Waals surface area (Å²) in [5, 5.41) is 2.93. The molecular weight excluding hydrogens is 398 g/mol. The second-order valence-corrected chi connectivity index (χ2v) is 9.29. The molecule has 1 atom stereocenters. The summed E-state index contributed by atoms with van der Waals surface area (Å²) in [6.07, 6.45) is 1.57. The molecule has 146 valence electrons. The number of carbonyl (C=O) groups excluding carboxylic acids is 1. The van der Waals surface area contributed by atoms with Crippen molar-refractivity contribution in [3.63, 3.8) is 0 Å². The zero-order chi connectivity index (χ0) is 19.9. The number of fused-ring (bicyclic) bond motifs is 1. The first-order valence-electron chi connectivity index (χ1n) is 8.79. The molecule has 0 saturated carbocycles. The molecule has 1 amide bonds. The van der Waals surface area contributed by atoms with Gasteiger partial charge < -0.3 is 9.73 Å². The molecule has 2 N–H and O–H groups in total. The lowest BCUT2D eigenvalue weighted by Crippen LogP contribution is -2.27. The lowest BCUT2D eigenvalue weighted by Gasteiger charge is -2.13. The number of aromatic nitrogens is 1. The van der Waals surface area contributed by atoms with Gasteiger partial charge in [-0.3, -0.25) is 4.79 Å². The van der Waals surface area contributed by atoms with E-state index in [4.69, 9.17) is 4.42 Å². The number of hydrogen-bond acceptors (Lipinski definition) is 6. The van der Waals surface area contributed by atoms with E-state index in [9.17, 15) is 13.2 Å². The van der Waals surface area contributed by atoms with E-state index in [0.717, 1.165) is 18.4 Å². The van der Waals surface area contributed by atoms with Crippen LogP contribution >= 0.6 is 11.3 Å².